The van der Waals surface area contributed by atoms with Gasteiger partial charge in [0.15, 0.2) is 12.1 Å². The van der Waals surface area contributed by atoms with E-state index >= 15 is 0 Å². The van der Waals surface area contributed by atoms with Gasteiger partial charge >= 0.3 is 5.97 Å². The van der Waals surface area contributed by atoms with Crippen molar-refractivity contribution < 1.29 is 29.3 Å². The molecule has 2 saturated heterocycles. The van der Waals surface area contributed by atoms with Crippen LogP contribution in [-0.4, -0.2) is 47.1 Å². The number of aliphatic hydroxyl groups is 2. The second-order valence-corrected chi connectivity index (χ2v) is 9.62. The smallest absolute Gasteiger partial charge is 0.320 e. The summed E-state index contributed by atoms with van der Waals surface area (Å²) in [5.74, 6) is -1.22. The van der Waals surface area contributed by atoms with E-state index in [0.29, 0.717) is 18.4 Å². The molecule has 2 heterocycles. The lowest BCUT2D eigenvalue weighted by Crippen LogP contribution is -2.70. The molecule has 0 aromatic heterocycles. The predicted molar refractivity (Wildman–Crippen MR) is 89.6 cm³/mol. The fraction of sp³-hybridized carbons (Fsp3) is 0.800. The topological polar surface area (TPSA) is 93.1 Å². The van der Waals surface area contributed by atoms with Crippen LogP contribution in [0.4, 0.5) is 0 Å². The zero-order chi connectivity index (χ0) is 18.6. The van der Waals surface area contributed by atoms with E-state index in [0.717, 1.165) is 12.8 Å². The third-order valence-electron chi connectivity index (χ3n) is 8.48. The number of carbonyl (C=O) groups is 2. The number of ether oxygens (including phenoxy) is 2. The largest absolute Gasteiger partial charge is 0.461 e. The SMILES string of the molecule is C=C1C(=O)[C@@]23C[C@H]1CC[C@H]2[C@]12CO[C@@H](O)[C@@H]1C(C)(C)[C@H](O)C[C@H]2OC3=O. The molecule has 5 rings (SSSR count). The van der Waals surface area contributed by atoms with E-state index in [1.807, 2.05) is 13.8 Å². The molecule has 0 aromatic rings. The summed E-state index contributed by atoms with van der Waals surface area (Å²) in [6.07, 6.45) is 0.0482. The standard InChI is InChI=1S/C20H26O6/c1-9-10-4-5-11-19(7-10,15(9)22)17(24)26-13-6-12(21)18(2,3)14-16(23)25-8-20(11,13)14/h10-14,16,21,23H,1,4-8H2,2-3H3/t10-,11-,12-,13-,14-,16-,19-,20+/m1/s1. The number of hydrogen-bond donors (Lipinski definition) is 2. The molecular formula is C20H26O6. The number of esters is 1. The van der Waals surface area contributed by atoms with Crippen LogP contribution in [0.2, 0.25) is 0 Å². The Balaban J connectivity index is 1.72. The molecular weight excluding hydrogens is 336 g/mol. The van der Waals surface area contributed by atoms with E-state index in [1.54, 1.807) is 0 Å². The minimum Gasteiger partial charge on any atom is -0.461 e. The Kier molecular flexibility index (Phi) is 3.10. The molecule has 3 saturated carbocycles. The van der Waals surface area contributed by atoms with Gasteiger partial charge in [-0.15, -0.1) is 0 Å². The molecule has 5 fully saturated rings. The van der Waals surface area contributed by atoms with Crippen LogP contribution in [0.15, 0.2) is 12.2 Å². The second kappa shape index (κ2) is 4.78. The minimum atomic E-state index is -1.18. The van der Waals surface area contributed by atoms with E-state index in [-0.39, 0.29) is 24.2 Å². The van der Waals surface area contributed by atoms with Gasteiger partial charge in [-0.25, -0.2) is 0 Å². The lowest BCUT2D eigenvalue weighted by molar-refractivity contribution is -0.253. The average Bonchev–Trinajstić information content (AvgIpc) is 3.03. The zero-order valence-electron chi connectivity index (χ0n) is 15.2. The van der Waals surface area contributed by atoms with Gasteiger partial charge in [0.1, 0.15) is 11.5 Å². The number of carbonyl (C=O) groups excluding carboxylic acids is 2. The molecule has 2 spiro atoms. The Hall–Kier alpha value is -1.24. The van der Waals surface area contributed by atoms with Crippen molar-refractivity contribution in [3.63, 3.8) is 0 Å². The van der Waals surface area contributed by atoms with E-state index < -0.39 is 46.6 Å². The van der Waals surface area contributed by atoms with Crippen LogP contribution in [-0.2, 0) is 19.1 Å². The van der Waals surface area contributed by atoms with Crippen LogP contribution < -0.4 is 0 Å². The highest BCUT2D eigenvalue weighted by Crippen LogP contribution is 2.71. The van der Waals surface area contributed by atoms with Gasteiger partial charge in [-0.05, 0) is 42.1 Å². The van der Waals surface area contributed by atoms with E-state index in [2.05, 4.69) is 6.58 Å². The highest BCUT2D eigenvalue weighted by molar-refractivity contribution is 6.15. The first-order valence-electron chi connectivity index (χ1n) is 9.59. The van der Waals surface area contributed by atoms with E-state index in [9.17, 15) is 19.8 Å². The maximum absolute atomic E-state index is 13.2. The van der Waals surface area contributed by atoms with Gasteiger partial charge in [0.2, 0.25) is 0 Å². The predicted octanol–water partition coefficient (Wildman–Crippen LogP) is 1.20. The first kappa shape index (κ1) is 16.9. The molecule has 2 N–H and O–H groups in total. The van der Waals surface area contributed by atoms with Gasteiger partial charge in [-0.1, -0.05) is 20.4 Å². The van der Waals surface area contributed by atoms with Crippen LogP contribution in [0.5, 0.6) is 0 Å². The van der Waals surface area contributed by atoms with Crippen molar-refractivity contribution in [2.24, 2.45) is 34.0 Å². The van der Waals surface area contributed by atoms with Crippen LogP contribution in [0.1, 0.15) is 39.5 Å². The number of ketones is 1. The number of fused-ring (bicyclic) bond motifs is 1. The summed E-state index contributed by atoms with van der Waals surface area (Å²) in [5, 5.41) is 21.4. The second-order valence-electron chi connectivity index (χ2n) is 9.62. The summed E-state index contributed by atoms with van der Waals surface area (Å²) < 4.78 is 11.6. The van der Waals surface area contributed by atoms with Crippen molar-refractivity contribution in [2.45, 2.75) is 58.0 Å². The number of aliphatic hydroxyl groups excluding tert-OH is 2. The Morgan fingerprint density at radius 1 is 1.19 bits per heavy atom. The maximum Gasteiger partial charge on any atom is 0.320 e. The fourth-order valence-corrected chi connectivity index (χ4v) is 7.21. The van der Waals surface area contributed by atoms with Gasteiger partial charge in [-0.3, -0.25) is 9.59 Å². The lowest BCUT2D eigenvalue weighted by atomic mass is 9.43. The van der Waals surface area contributed by atoms with Gasteiger partial charge in [0.25, 0.3) is 0 Å². The fourth-order valence-electron chi connectivity index (χ4n) is 7.21. The van der Waals surface area contributed by atoms with E-state index in [4.69, 9.17) is 9.47 Å². The van der Waals surface area contributed by atoms with Crippen LogP contribution >= 0.6 is 0 Å². The number of hydrogen-bond acceptors (Lipinski definition) is 6. The highest BCUT2D eigenvalue weighted by atomic mass is 16.6. The van der Waals surface area contributed by atoms with Crippen molar-refractivity contribution in [3.8, 4) is 0 Å². The zero-order valence-corrected chi connectivity index (χ0v) is 15.2. The summed E-state index contributed by atoms with van der Waals surface area (Å²) in [6.45, 7) is 8.08. The molecule has 2 aliphatic heterocycles. The highest BCUT2D eigenvalue weighted by Gasteiger charge is 2.78. The molecule has 2 bridgehead atoms. The van der Waals surface area contributed by atoms with Gasteiger partial charge in [-0.2, -0.15) is 0 Å². The summed E-state index contributed by atoms with van der Waals surface area (Å²) >= 11 is 0. The Bertz CT molecular complexity index is 728. The average molecular weight is 362 g/mol. The van der Waals surface area contributed by atoms with Crippen molar-refractivity contribution in [1.29, 1.82) is 0 Å². The number of allylic oxidation sites excluding steroid dienone is 1. The summed E-state index contributed by atoms with van der Waals surface area (Å²) in [6, 6.07) is 0. The quantitative estimate of drug-likeness (QED) is 0.382. The molecule has 0 aromatic carbocycles. The van der Waals surface area contributed by atoms with Crippen molar-refractivity contribution in [2.75, 3.05) is 6.61 Å². The third kappa shape index (κ3) is 1.57. The molecule has 6 heteroatoms. The Labute approximate surface area is 152 Å². The molecule has 5 aliphatic rings. The lowest BCUT2D eigenvalue weighted by Gasteiger charge is -2.62. The third-order valence-corrected chi connectivity index (χ3v) is 8.48. The maximum atomic E-state index is 13.2. The van der Waals surface area contributed by atoms with Crippen LogP contribution in [0.3, 0.4) is 0 Å². The summed E-state index contributed by atoms with van der Waals surface area (Å²) in [4.78, 5) is 26.3. The molecule has 6 nitrogen and oxygen atoms in total. The molecule has 0 amide bonds. The molecule has 3 aliphatic carbocycles. The first-order chi connectivity index (χ1) is 12.2. The van der Waals surface area contributed by atoms with E-state index in [1.165, 1.54) is 0 Å². The van der Waals surface area contributed by atoms with Gasteiger partial charge in [0.05, 0.1) is 12.7 Å². The molecule has 26 heavy (non-hydrogen) atoms. The number of Topliss-reactive ketones (excluding diaryl/α,β-unsaturated/α-hetero) is 1. The normalized spacial score (nSPS) is 54.4. The summed E-state index contributed by atoms with van der Waals surface area (Å²) in [5.41, 5.74) is -1.88. The Morgan fingerprint density at radius 2 is 1.92 bits per heavy atom. The molecule has 0 radical (unpaired) electrons. The summed E-state index contributed by atoms with van der Waals surface area (Å²) in [7, 11) is 0. The van der Waals surface area contributed by atoms with Crippen LogP contribution in [0, 0.1) is 34.0 Å². The first-order valence-corrected chi connectivity index (χ1v) is 9.59. The Morgan fingerprint density at radius 3 is 2.65 bits per heavy atom. The minimum absolute atomic E-state index is 0.0483. The van der Waals surface area contributed by atoms with Crippen LogP contribution in [0.25, 0.3) is 0 Å². The van der Waals surface area contributed by atoms with Crippen molar-refractivity contribution >= 4 is 11.8 Å². The molecule has 0 unspecified atom stereocenters. The van der Waals surface area contributed by atoms with Crippen molar-refractivity contribution in [1.82, 2.24) is 0 Å². The monoisotopic (exact) mass is 362 g/mol. The molecule has 8 atom stereocenters. The van der Waals surface area contributed by atoms with Gasteiger partial charge < -0.3 is 19.7 Å². The number of rotatable bonds is 0. The van der Waals surface area contributed by atoms with Crippen molar-refractivity contribution in [3.05, 3.63) is 12.2 Å². The van der Waals surface area contributed by atoms with Gasteiger partial charge in [0, 0.05) is 17.8 Å². The molecule has 142 valence electrons.